The molecule has 21 heavy (non-hydrogen) atoms. The minimum absolute atomic E-state index is 0.0200. The molecule has 2 aromatic rings. The minimum Gasteiger partial charge on any atom is -0.349 e. The Hall–Kier alpha value is -2.16. The fourth-order valence-corrected chi connectivity index (χ4v) is 2.02. The number of carbonyl (C=O) groups excluding carboxylic acids is 1. The molecule has 1 amide bonds. The SMILES string of the molecule is C[C@H](NC(=O)C(C)(C)C)c1cccc(-c2cccnc2)c1. The number of hydrogen-bond donors (Lipinski definition) is 1. The zero-order chi connectivity index (χ0) is 15.5. The van der Waals surface area contributed by atoms with Crippen molar-refractivity contribution in [2.24, 2.45) is 5.41 Å². The summed E-state index contributed by atoms with van der Waals surface area (Å²) in [5, 5.41) is 3.06. The van der Waals surface area contributed by atoms with Crippen molar-refractivity contribution >= 4 is 5.91 Å². The number of rotatable bonds is 3. The first-order chi connectivity index (χ1) is 9.88. The molecule has 1 heterocycles. The molecule has 0 saturated carbocycles. The average Bonchev–Trinajstić information content (AvgIpc) is 2.47. The van der Waals surface area contributed by atoms with Crippen LogP contribution in [0, 0.1) is 5.41 Å². The Bertz CT molecular complexity index is 615. The Labute approximate surface area is 126 Å². The summed E-state index contributed by atoms with van der Waals surface area (Å²) in [6, 6.07) is 12.1. The molecule has 2 rings (SSSR count). The lowest BCUT2D eigenvalue weighted by atomic mass is 9.94. The highest BCUT2D eigenvalue weighted by Gasteiger charge is 2.23. The second-order valence-electron chi connectivity index (χ2n) is 6.31. The van der Waals surface area contributed by atoms with Crippen molar-refractivity contribution in [1.29, 1.82) is 0 Å². The first-order valence-electron chi connectivity index (χ1n) is 7.19. The lowest BCUT2D eigenvalue weighted by Crippen LogP contribution is -2.36. The van der Waals surface area contributed by atoms with E-state index in [9.17, 15) is 4.79 Å². The minimum atomic E-state index is -0.380. The Morgan fingerprint density at radius 1 is 1.14 bits per heavy atom. The molecule has 1 N–H and O–H groups in total. The van der Waals surface area contributed by atoms with E-state index in [-0.39, 0.29) is 17.4 Å². The number of carbonyl (C=O) groups is 1. The summed E-state index contributed by atoms with van der Waals surface area (Å²) in [6.45, 7) is 7.76. The first kappa shape index (κ1) is 15.2. The van der Waals surface area contributed by atoms with Gasteiger partial charge in [0.15, 0.2) is 0 Å². The van der Waals surface area contributed by atoms with E-state index in [1.807, 2.05) is 58.2 Å². The van der Waals surface area contributed by atoms with Gasteiger partial charge in [0.25, 0.3) is 0 Å². The maximum absolute atomic E-state index is 12.1. The fourth-order valence-electron chi connectivity index (χ4n) is 2.02. The standard InChI is InChI=1S/C18H22N2O/c1-13(20-17(21)18(2,3)4)14-7-5-8-15(11-14)16-9-6-10-19-12-16/h5-13H,1-4H3,(H,20,21)/t13-/m0/s1. The van der Waals surface area contributed by atoms with Gasteiger partial charge in [-0.3, -0.25) is 9.78 Å². The molecule has 0 unspecified atom stereocenters. The molecule has 1 aromatic heterocycles. The van der Waals surface area contributed by atoms with Crippen LogP contribution in [-0.4, -0.2) is 10.9 Å². The molecule has 3 nitrogen and oxygen atoms in total. The van der Waals surface area contributed by atoms with Crippen LogP contribution in [0.1, 0.15) is 39.3 Å². The predicted molar refractivity (Wildman–Crippen MR) is 85.7 cm³/mol. The summed E-state index contributed by atoms with van der Waals surface area (Å²) < 4.78 is 0. The van der Waals surface area contributed by atoms with E-state index in [1.54, 1.807) is 6.20 Å². The highest BCUT2D eigenvalue weighted by molar-refractivity contribution is 5.81. The van der Waals surface area contributed by atoms with E-state index in [1.165, 1.54) is 0 Å². The van der Waals surface area contributed by atoms with E-state index in [0.717, 1.165) is 16.7 Å². The third-order valence-corrected chi connectivity index (χ3v) is 3.41. The van der Waals surface area contributed by atoms with E-state index in [4.69, 9.17) is 0 Å². The van der Waals surface area contributed by atoms with Gasteiger partial charge in [-0.25, -0.2) is 0 Å². The van der Waals surface area contributed by atoms with Crippen LogP contribution in [0.5, 0.6) is 0 Å². The number of aromatic nitrogens is 1. The van der Waals surface area contributed by atoms with Gasteiger partial charge in [0.1, 0.15) is 0 Å². The van der Waals surface area contributed by atoms with Crippen LogP contribution < -0.4 is 5.32 Å². The molecule has 0 fully saturated rings. The van der Waals surface area contributed by atoms with Gasteiger partial charge < -0.3 is 5.32 Å². The fraction of sp³-hybridized carbons (Fsp3) is 0.333. The summed E-state index contributed by atoms with van der Waals surface area (Å²) in [5.41, 5.74) is 2.90. The van der Waals surface area contributed by atoms with Crippen molar-refractivity contribution in [2.45, 2.75) is 33.7 Å². The van der Waals surface area contributed by atoms with Crippen molar-refractivity contribution in [2.75, 3.05) is 0 Å². The van der Waals surface area contributed by atoms with Gasteiger partial charge in [-0.05, 0) is 35.7 Å². The van der Waals surface area contributed by atoms with Crippen molar-refractivity contribution < 1.29 is 4.79 Å². The number of nitrogens with one attached hydrogen (secondary N) is 1. The van der Waals surface area contributed by atoms with Crippen LogP contribution in [0.4, 0.5) is 0 Å². The average molecular weight is 282 g/mol. The van der Waals surface area contributed by atoms with Gasteiger partial charge in [-0.2, -0.15) is 0 Å². The van der Waals surface area contributed by atoms with Gasteiger partial charge in [0.05, 0.1) is 6.04 Å². The van der Waals surface area contributed by atoms with E-state index in [0.29, 0.717) is 0 Å². The Morgan fingerprint density at radius 2 is 1.86 bits per heavy atom. The summed E-state index contributed by atoms with van der Waals surface area (Å²) >= 11 is 0. The molecule has 0 radical (unpaired) electrons. The highest BCUT2D eigenvalue weighted by Crippen LogP contribution is 2.23. The molecule has 0 bridgehead atoms. The van der Waals surface area contributed by atoms with Gasteiger partial charge in [-0.15, -0.1) is 0 Å². The largest absolute Gasteiger partial charge is 0.349 e. The van der Waals surface area contributed by atoms with Crippen molar-refractivity contribution in [3.8, 4) is 11.1 Å². The molecular weight excluding hydrogens is 260 g/mol. The van der Waals surface area contributed by atoms with E-state index < -0.39 is 0 Å². The number of hydrogen-bond acceptors (Lipinski definition) is 2. The first-order valence-corrected chi connectivity index (χ1v) is 7.19. The molecule has 0 aliphatic heterocycles. The van der Waals surface area contributed by atoms with E-state index in [2.05, 4.69) is 22.4 Å². The summed E-state index contributed by atoms with van der Waals surface area (Å²) in [6.07, 6.45) is 3.61. The smallest absolute Gasteiger partial charge is 0.225 e. The maximum Gasteiger partial charge on any atom is 0.225 e. The molecule has 0 aliphatic rings. The molecule has 1 atom stereocenters. The Kier molecular flexibility index (Phi) is 4.41. The third kappa shape index (κ3) is 3.91. The number of amides is 1. The summed E-state index contributed by atoms with van der Waals surface area (Å²) in [7, 11) is 0. The van der Waals surface area contributed by atoms with Crippen LogP contribution in [0.25, 0.3) is 11.1 Å². The second-order valence-corrected chi connectivity index (χ2v) is 6.31. The number of pyridine rings is 1. The van der Waals surface area contributed by atoms with Crippen LogP contribution in [0.2, 0.25) is 0 Å². The molecule has 110 valence electrons. The third-order valence-electron chi connectivity index (χ3n) is 3.41. The Balaban J connectivity index is 2.20. The van der Waals surface area contributed by atoms with Crippen LogP contribution >= 0.6 is 0 Å². The van der Waals surface area contributed by atoms with Gasteiger partial charge in [-0.1, -0.05) is 45.0 Å². The second kappa shape index (κ2) is 6.08. The predicted octanol–water partition coefficient (Wildman–Crippen LogP) is 3.97. The molecule has 1 aromatic carbocycles. The van der Waals surface area contributed by atoms with Crippen molar-refractivity contribution in [3.63, 3.8) is 0 Å². The van der Waals surface area contributed by atoms with Crippen molar-refractivity contribution in [3.05, 3.63) is 54.4 Å². The lowest BCUT2D eigenvalue weighted by molar-refractivity contribution is -0.129. The lowest BCUT2D eigenvalue weighted by Gasteiger charge is -2.22. The number of benzene rings is 1. The van der Waals surface area contributed by atoms with Crippen LogP contribution in [0.3, 0.4) is 0 Å². The maximum atomic E-state index is 12.1. The molecule has 0 spiro atoms. The van der Waals surface area contributed by atoms with Crippen LogP contribution in [0.15, 0.2) is 48.8 Å². The topological polar surface area (TPSA) is 42.0 Å². The monoisotopic (exact) mass is 282 g/mol. The zero-order valence-electron chi connectivity index (χ0n) is 13.1. The molecule has 3 heteroatoms. The highest BCUT2D eigenvalue weighted by atomic mass is 16.2. The molecule has 0 saturated heterocycles. The summed E-state index contributed by atoms with van der Waals surface area (Å²) in [4.78, 5) is 16.2. The normalized spacial score (nSPS) is 12.8. The Morgan fingerprint density at radius 3 is 2.48 bits per heavy atom. The zero-order valence-corrected chi connectivity index (χ0v) is 13.1. The molecular formula is C18H22N2O. The number of nitrogens with zero attached hydrogens (tertiary/aromatic N) is 1. The summed E-state index contributed by atoms with van der Waals surface area (Å²) in [5.74, 6) is 0.0572. The van der Waals surface area contributed by atoms with Gasteiger partial charge in [0, 0.05) is 17.8 Å². The van der Waals surface area contributed by atoms with Gasteiger partial charge in [0.2, 0.25) is 5.91 Å². The quantitative estimate of drug-likeness (QED) is 0.925. The van der Waals surface area contributed by atoms with Gasteiger partial charge >= 0.3 is 0 Å². The van der Waals surface area contributed by atoms with Crippen LogP contribution in [-0.2, 0) is 4.79 Å². The van der Waals surface area contributed by atoms with Crippen molar-refractivity contribution in [1.82, 2.24) is 10.3 Å². The van der Waals surface area contributed by atoms with E-state index >= 15 is 0 Å². The molecule has 0 aliphatic carbocycles.